The molecule has 1 aromatic carbocycles. The molecule has 1 unspecified atom stereocenters. The first-order chi connectivity index (χ1) is 13.9. The molecule has 1 aromatic heterocycles. The second-order valence-corrected chi connectivity index (χ2v) is 7.39. The number of imidazole rings is 1. The summed E-state index contributed by atoms with van der Waals surface area (Å²) in [6, 6.07) is 4.71. The Bertz CT molecular complexity index is 1050. The topological polar surface area (TPSA) is 123 Å². The van der Waals surface area contributed by atoms with Crippen LogP contribution in [-0.2, 0) is 27.8 Å². The second-order valence-electron chi connectivity index (χ2n) is 7.39. The van der Waals surface area contributed by atoms with Gasteiger partial charge in [0.05, 0.1) is 30.3 Å². The van der Waals surface area contributed by atoms with Crippen LogP contribution < -0.4 is 11.0 Å². The van der Waals surface area contributed by atoms with Gasteiger partial charge in [-0.15, -0.1) is 0 Å². The number of hydrogen-bond acceptors (Lipinski definition) is 5. The van der Waals surface area contributed by atoms with Gasteiger partial charge in [0.25, 0.3) is 0 Å². The third-order valence-corrected chi connectivity index (χ3v) is 5.56. The molecule has 2 saturated heterocycles. The highest BCUT2D eigenvalue weighted by atomic mass is 16.5. The predicted molar refractivity (Wildman–Crippen MR) is 102 cm³/mol. The average Bonchev–Trinajstić information content (AvgIpc) is 2.94. The molecule has 2 aliphatic rings. The summed E-state index contributed by atoms with van der Waals surface area (Å²) < 4.78 is 8.66. The molecule has 10 nitrogen and oxygen atoms in total. The van der Waals surface area contributed by atoms with E-state index in [1.807, 2.05) is 6.07 Å². The molecule has 2 atom stereocenters. The molecule has 0 bridgehead atoms. The highest BCUT2D eigenvalue weighted by Gasteiger charge is 2.32. The van der Waals surface area contributed by atoms with E-state index in [9.17, 15) is 24.3 Å². The fourth-order valence-corrected chi connectivity index (χ4v) is 4.18. The van der Waals surface area contributed by atoms with Crippen LogP contribution >= 0.6 is 0 Å². The number of para-hydroxylation sites is 1. The van der Waals surface area contributed by atoms with Gasteiger partial charge in [-0.2, -0.15) is 0 Å². The van der Waals surface area contributed by atoms with Crippen molar-refractivity contribution < 1.29 is 24.2 Å². The number of fused-ring (bicyclic) bond motifs is 1. The molecule has 0 saturated carbocycles. The summed E-state index contributed by atoms with van der Waals surface area (Å²) in [7, 11) is 1.64. The zero-order valence-corrected chi connectivity index (χ0v) is 16.0. The zero-order valence-electron chi connectivity index (χ0n) is 16.0. The number of nitrogens with one attached hydrogen (secondary N) is 1. The molecule has 2 fully saturated rings. The number of hydrogen-bond donors (Lipinski definition) is 2. The third-order valence-electron chi connectivity index (χ3n) is 5.56. The number of piperidine rings is 1. The van der Waals surface area contributed by atoms with Gasteiger partial charge in [-0.1, -0.05) is 12.1 Å². The van der Waals surface area contributed by atoms with Gasteiger partial charge < -0.3 is 14.7 Å². The van der Waals surface area contributed by atoms with E-state index in [-0.39, 0.29) is 37.1 Å². The first kappa shape index (κ1) is 19.2. The number of morpholine rings is 1. The number of ether oxygens (including phenoxy) is 1. The highest BCUT2D eigenvalue weighted by molar-refractivity contribution is 6.00. The van der Waals surface area contributed by atoms with Gasteiger partial charge >= 0.3 is 11.8 Å². The molecule has 2 aliphatic heterocycles. The molecule has 3 heterocycles. The number of amides is 3. The lowest BCUT2D eigenvalue weighted by Crippen LogP contribution is -2.45. The van der Waals surface area contributed by atoms with Crippen molar-refractivity contribution in [1.82, 2.24) is 19.4 Å². The molecular formula is C19H22N4O6. The Morgan fingerprint density at radius 3 is 2.83 bits per heavy atom. The molecule has 4 rings (SSSR count). The Balaban J connectivity index is 1.71. The highest BCUT2D eigenvalue weighted by Crippen LogP contribution is 2.26. The van der Waals surface area contributed by atoms with Crippen LogP contribution in [0.3, 0.4) is 0 Å². The Morgan fingerprint density at radius 2 is 2.10 bits per heavy atom. The first-order valence-corrected chi connectivity index (χ1v) is 9.48. The van der Waals surface area contributed by atoms with Crippen LogP contribution in [0.4, 0.5) is 4.79 Å². The summed E-state index contributed by atoms with van der Waals surface area (Å²) >= 11 is 0. The van der Waals surface area contributed by atoms with E-state index < -0.39 is 18.0 Å². The van der Waals surface area contributed by atoms with Crippen molar-refractivity contribution in [3.63, 3.8) is 0 Å². The fourth-order valence-electron chi connectivity index (χ4n) is 4.18. The van der Waals surface area contributed by atoms with E-state index in [0.717, 1.165) is 5.56 Å². The van der Waals surface area contributed by atoms with Crippen molar-refractivity contribution in [2.45, 2.75) is 31.4 Å². The molecule has 0 aliphatic carbocycles. The normalized spacial score (nSPS) is 22.7. The Morgan fingerprint density at radius 1 is 1.31 bits per heavy atom. The summed E-state index contributed by atoms with van der Waals surface area (Å²) in [5, 5.41) is 11.5. The quantitative estimate of drug-likeness (QED) is 0.709. The van der Waals surface area contributed by atoms with E-state index in [1.165, 1.54) is 14.0 Å². The Kier molecular flexibility index (Phi) is 4.87. The van der Waals surface area contributed by atoms with Gasteiger partial charge in [0.2, 0.25) is 11.8 Å². The Hall–Kier alpha value is -3.14. The van der Waals surface area contributed by atoms with Crippen LogP contribution in [0.15, 0.2) is 23.0 Å². The van der Waals surface area contributed by atoms with Crippen LogP contribution in [0.2, 0.25) is 0 Å². The van der Waals surface area contributed by atoms with E-state index >= 15 is 0 Å². The van der Waals surface area contributed by atoms with Gasteiger partial charge in [0, 0.05) is 26.4 Å². The molecule has 0 spiro atoms. The molecule has 3 amide bonds. The van der Waals surface area contributed by atoms with Crippen LogP contribution in [0.25, 0.3) is 11.0 Å². The molecule has 2 aromatic rings. The largest absolute Gasteiger partial charge is 0.465 e. The maximum absolute atomic E-state index is 12.9. The van der Waals surface area contributed by atoms with Crippen molar-refractivity contribution in [2.24, 2.45) is 7.05 Å². The van der Waals surface area contributed by atoms with Crippen LogP contribution in [0.1, 0.15) is 24.4 Å². The van der Waals surface area contributed by atoms with Gasteiger partial charge in [-0.05, 0) is 18.1 Å². The third kappa shape index (κ3) is 3.39. The molecule has 29 heavy (non-hydrogen) atoms. The van der Waals surface area contributed by atoms with Gasteiger partial charge in [-0.25, -0.2) is 9.59 Å². The lowest BCUT2D eigenvalue weighted by Gasteiger charge is -2.31. The smallest absolute Gasteiger partial charge is 0.407 e. The van der Waals surface area contributed by atoms with E-state index in [0.29, 0.717) is 30.6 Å². The SMILES string of the molecule is Cn1c(=O)n(C2CCC(=O)NC2=O)c2cccc(C[C@H]3CN(C(=O)O)CCO3)c21. The standard InChI is InChI=1S/C19H22N4O6/c1-21-16-11(9-12-10-22(19(27)28)7-8-29-12)3-2-4-13(16)23(18(21)26)14-5-6-15(24)20-17(14)25/h2-4,12,14H,5-10H2,1H3,(H,27,28)(H,20,24,25)/t12-,14?/m0/s1. The summed E-state index contributed by atoms with van der Waals surface area (Å²) in [6.45, 7) is 0.914. The maximum Gasteiger partial charge on any atom is 0.407 e. The van der Waals surface area contributed by atoms with E-state index in [1.54, 1.807) is 19.2 Å². The van der Waals surface area contributed by atoms with E-state index in [2.05, 4.69) is 5.32 Å². The number of imide groups is 1. The first-order valence-electron chi connectivity index (χ1n) is 9.48. The predicted octanol–water partition coefficient (Wildman–Crippen LogP) is 0.239. The lowest BCUT2D eigenvalue weighted by atomic mass is 10.0. The van der Waals surface area contributed by atoms with E-state index in [4.69, 9.17) is 4.74 Å². The Labute approximate surface area is 165 Å². The van der Waals surface area contributed by atoms with Crippen molar-refractivity contribution in [1.29, 1.82) is 0 Å². The molecule has 10 heteroatoms. The molecular weight excluding hydrogens is 380 g/mol. The van der Waals surface area contributed by atoms with Crippen molar-refractivity contribution in [3.05, 3.63) is 34.2 Å². The van der Waals surface area contributed by atoms with Gasteiger partial charge in [0.15, 0.2) is 0 Å². The fraction of sp³-hybridized carbons (Fsp3) is 0.474. The summed E-state index contributed by atoms with van der Waals surface area (Å²) in [4.78, 5) is 49.3. The minimum atomic E-state index is -0.979. The number of aromatic nitrogens is 2. The number of carbonyl (C=O) groups is 3. The number of benzene rings is 1. The summed E-state index contributed by atoms with van der Waals surface area (Å²) in [6.07, 6.45) is -0.409. The minimum Gasteiger partial charge on any atom is -0.465 e. The monoisotopic (exact) mass is 402 g/mol. The van der Waals surface area contributed by atoms with Crippen molar-refractivity contribution >= 4 is 28.9 Å². The number of nitrogens with zero attached hydrogens (tertiary/aromatic N) is 3. The average molecular weight is 402 g/mol. The number of aryl methyl sites for hydroxylation is 1. The van der Waals surface area contributed by atoms with Gasteiger partial charge in [0.1, 0.15) is 6.04 Å². The number of rotatable bonds is 3. The lowest BCUT2D eigenvalue weighted by molar-refractivity contribution is -0.135. The van der Waals surface area contributed by atoms with Crippen molar-refractivity contribution in [3.8, 4) is 0 Å². The molecule has 154 valence electrons. The minimum absolute atomic E-state index is 0.180. The van der Waals surface area contributed by atoms with Crippen molar-refractivity contribution in [2.75, 3.05) is 19.7 Å². The maximum atomic E-state index is 12.9. The van der Waals surface area contributed by atoms with Crippen LogP contribution in [-0.4, -0.2) is 62.8 Å². The number of carboxylic acid groups (broad SMARTS) is 1. The zero-order chi connectivity index (χ0) is 20.7. The van der Waals surface area contributed by atoms with Crippen LogP contribution in [0.5, 0.6) is 0 Å². The number of carbonyl (C=O) groups excluding carboxylic acids is 2. The second kappa shape index (κ2) is 7.36. The molecule has 0 radical (unpaired) electrons. The summed E-state index contributed by atoms with van der Waals surface area (Å²) in [5.74, 6) is -0.813. The molecule has 2 N–H and O–H groups in total. The van der Waals surface area contributed by atoms with Gasteiger partial charge in [-0.3, -0.25) is 24.0 Å². The summed E-state index contributed by atoms with van der Waals surface area (Å²) in [5.41, 5.74) is 1.79. The van der Waals surface area contributed by atoms with Crippen LogP contribution in [0, 0.1) is 0 Å².